The number of benzene rings is 2. The van der Waals surface area contributed by atoms with E-state index in [1.807, 2.05) is 41.3 Å². The monoisotopic (exact) mass is 411 g/mol. The molecule has 0 aliphatic carbocycles. The van der Waals surface area contributed by atoms with Crippen molar-refractivity contribution in [3.05, 3.63) is 53.6 Å². The third-order valence-corrected chi connectivity index (χ3v) is 6.03. The van der Waals surface area contributed by atoms with E-state index in [2.05, 4.69) is 16.9 Å². The lowest BCUT2D eigenvalue weighted by Gasteiger charge is -2.28. The predicted octanol–water partition coefficient (Wildman–Crippen LogP) is 2.98. The van der Waals surface area contributed by atoms with Crippen molar-refractivity contribution < 1.29 is 19.0 Å². The van der Waals surface area contributed by atoms with Crippen LogP contribution in [0.4, 0.5) is 0 Å². The van der Waals surface area contributed by atoms with Gasteiger partial charge in [-0.15, -0.1) is 0 Å². The Kier molecular flexibility index (Phi) is 6.11. The minimum absolute atomic E-state index is 0.0102. The maximum Gasteiger partial charge on any atom is 0.241 e. The third-order valence-electron chi connectivity index (χ3n) is 6.03. The molecule has 2 aliphatic heterocycles. The lowest BCUT2D eigenvalue weighted by molar-refractivity contribution is -0.134. The number of hydrazine groups is 1. The van der Waals surface area contributed by atoms with Crippen LogP contribution in [-0.2, 0) is 4.79 Å². The van der Waals surface area contributed by atoms with Crippen LogP contribution < -0.4 is 25.1 Å². The molecule has 0 radical (unpaired) electrons. The molecule has 2 fully saturated rings. The minimum atomic E-state index is -0.272. The number of hydrogen-bond donors (Lipinski definition) is 2. The quantitative estimate of drug-likeness (QED) is 0.762. The SMILES string of the molecule is COc1cccc(C2CC(C(=O)N3CCCC3c3ccc(OC)cc3OC)NN2)c1. The molecule has 0 spiro atoms. The molecule has 160 valence electrons. The van der Waals surface area contributed by atoms with Crippen molar-refractivity contribution in [3.8, 4) is 17.2 Å². The van der Waals surface area contributed by atoms with Gasteiger partial charge in [0.1, 0.15) is 23.3 Å². The Hall–Kier alpha value is -2.77. The zero-order valence-electron chi connectivity index (χ0n) is 17.7. The number of likely N-dealkylation sites (tertiary alicyclic amines) is 1. The number of amides is 1. The van der Waals surface area contributed by atoms with Crippen molar-refractivity contribution in [3.63, 3.8) is 0 Å². The zero-order valence-corrected chi connectivity index (χ0v) is 17.7. The molecule has 30 heavy (non-hydrogen) atoms. The van der Waals surface area contributed by atoms with Crippen LogP contribution in [0.1, 0.15) is 42.5 Å². The second-order valence-corrected chi connectivity index (χ2v) is 7.70. The van der Waals surface area contributed by atoms with Crippen LogP contribution in [0.15, 0.2) is 42.5 Å². The molecule has 2 aliphatic rings. The van der Waals surface area contributed by atoms with Gasteiger partial charge in [-0.05, 0) is 49.1 Å². The Balaban J connectivity index is 1.49. The molecular formula is C23H29N3O4. The highest BCUT2D eigenvalue weighted by atomic mass is 16.5. The molecule has 0 aromatic heterocycles. The highest BCUT2D eigenvalue weighted by Gasteiger charge is 2.38. The zero-order chi connectivity index (χ0) is 21.1. The average Bonchev–Trinajstić information content (AvgIpc) is 3.48. The van der Waals surface area contributed by atoms with E-state index in [9.17, 15) is 4.79 Å². The molecule has 2 aromatic carbocycles. The van der Waals surface area contributed by atoms with Crippen LogP contribution in [0.3, 0.4) is 0 Å². The van der Waals surface area contributed by atoms with Gasteiger partial charge in [-0.25, -0.2) is 10.9 Å². The van der Waals surface area contributed by atoms with Crippen molar-refractivity contribution in [2.45, 2.75) is 37.4 Å². The lowest BCUT2D eigenvalue weighted by Crippen LogP contribution is -2.45. The maximum absolute atomic E-state index is 13.4. The molecule has 2 heterocycles. The Morgan fingerprint density at radius 3 is 2.57 bits per heavy atom. The summed E-state index contributed by atoms with van der Waals surface area (Å²) in [5.41, 5.74) is 8.61. The predicted molar refractivity (Wildman–Crippen MR) is 114 cm³/mol. The van der Waals surface area contributed by atoms with Gasteiger partial charge < -0.3 is 19.1 Å². The largest absolute Gasteiger partial charge is 0.497 e. The van der Waals surface area contributed by atoms with E-state index in [1.165, 1.54) is 0 Å². The topological polar surface area (TPSA) is 72.1 Å². The number of carbonyl (C=O) groups excluding carboxylic acids is 1. The molecule has 7 heteroatoms. The molecule has 2 N–H and O–H groups in total. The van der Waals surface area contributed by atoms with E-state index in [0.717, 1.165) is 47.8 Å². The summed E-state index contributed by atoms with van der Waals surface area (Å²) >= 11 is 0. The average molecular weight is 412 g/mol. The van der Waals surface area contributed by atoms with Gasteiger partial charge in [-0.1, -0.05) is 12.1 Å². The summed E-state index contributed by atoms with van der Waals surface area (Å²) in [5, 5.41) is 0. The number of nitrogens with one attached hydrogen (secondary N) is 2. The van der Waals surface area contributed by atoms with Gasteiger partial charge in [-0.3, -0.25) is 4.79 Å². The number of rotatable bonds is 6. The number of nitrogens with zero attached hydrogens (tertiary/aromatic N) is 1. The van der Waals surface area contributed by atoms with Gasteiger partial charge in [0.2, 0.25) is 5.91 Å². The molecule has 3 atom stereocenters. The fraction of sp³-hybridized carbons (Fsp3) is 0.435. The number of methoxy groups -OCH3 is 3. The molecular weight excluding hydrogens is 382 g/mol. The highest BCUT2D eigenvalue weighted by Crippen LogP contribution is 2.39. The Bertz CT molecular complexity index is 904. The first-order valence-electron chi connectivity index (χ1n) is 10.3. The molecule has 0 saturated carbocycles. The Labute approximate surface area is 177 Å². The number of hydrogen-bond acceptors (Lipinski definition) is 6. The van der Waals surface area contributed by atoms with Crippen molar-refractivity contribution in [2.75, 3.05) is 27.9 Å². The van der Waals surface area contributed by atoms with Crippen molar-refractivity contribution in [1.82, 2.24) is 15.8 Å². The summed E-state index contributed by atoms with van der Waals surface area (Å²) in [6.45, 7) is 0.751. The summed E-state index contributed by atoms with van der Waals surface area (Å²) in [4.78, 5) is 15.4. The van der Waals surface area contributed by atoms with E-state index in [0.29, 0.717) is 6.42 Å². The number of carbonyl (C=O) groups is 1. The van der Waals surface area contributed by atoms with E-state index >= 15 is 0 Å². The standard InChI is InChI=1S/C23H29N3O4/c1-28-16-7-4-6-15(12-16)19-14-20(25-24-19)23(27)26-11-5-8-21(26)18-10-9-17(29-2)13-22(18)30-3/h4,6-7,9-10,12-13,19-21,24-25H,5,8,11,14H2,1-3H3. The van der Waals surface area contributed by atoms with Crippen LogP contribution in [0, 0.1) is 0 Å². The van der Waals surface area contributed by atoms with E-state index in [4.69, 9.17) is 14.2 Å². The lowest BCUT2D eigenvalue weighted by atomic mass is 9.99. The summed E-state index contributed by atoms with van der Waals surface area (Å²) in [6, 6.07) is 13.6. The van der Waals surface area contributed by atoms with Crippen molar-refractivity contribution >= 4 is 5.91 Å². The minimum Gasteiger partial charge on any atom is -0.497 e. The van der Waals surface area contributed by atoms with Gasteiger partial charge in [0.15, 0.2) is 0 Å². The molecule has 3 unspecified atom stereocenters. The Morgan fingerprint density at radius 1 is 1.00 bits per heavy atom. The van der Waals surface area contributed by atoms with E-state index in [1.54, 1.807) is 21.3 Å². The van der Waals surface area contributed by atoms with Crippen LogP contribution in [-0.4, -0.2) is 44.7 Å². The fourth-order valence-electron chi connectivity index (χ4n) is 4.44. The number of ether oxygens (including phenoxy) is 3. The van der Waals surface area contributed by atoms with Crippen LogP contribution in [0.2, 0.25) is 0 Å². The van der Waals surface area contributed by atoms with E-state index < -0.39 is 0 Å². The van der Waals surface area contributed by atoms with Crippen molar-refractivity contribution in [1.29, 1.82) is 0 Å². The molecule has 1 amide bonds. The van der Waals surface area contributed by atoms with Crippen LogP contribution in [0.25, 0.3) is 0 Å². The summed E-state index contributed by atoms with van der Waals surface area (Å²) < 4.78 is 16.2. The molecule has 2 saturated heterocycles. The van der Waals surface area contributed by atoms with Gasteiger partial charge in [-0.2, -0.15) is 0 Å². The molecule has 7 nitrogen and oxygen atoms in total. The first kappa shape index (κ1) is 20.5. The maximum atomic E-state index is 13.4. The van der Waals surface area contributed by atoms with Crippen LogP contribution in [0.5, 0.6) is 17.2 Å². The first-order chi connectivity index (χ1) is 14.6. The van der Waals surface area contributed by atoms with E-state index in [-0.39, 0.29) is 24.0 Å². The van der Waals surface area contributed by atoms with Gasteiger partial charge in [0.25, 0.3) is 0 Å². The summed E-state index contributed by atoms with van der Waals surface area (Å²) in [6.07, 6.45) is 2.59. The molecule has 4 rings (SSSR count). The smallest absolute Gasteiger partial charge is 0.241 e. The van der Waals surface area contributed by atoms with Crippen molar-refractivity contribution in [2.24, 2.45) is 0 Å². The highest BCUT2D eigenvalue weighted by molar-refractivity contribution is 5.83. The second-order valence-electron chi connectivity index (χ2n) is 7.70. The summed E-state index contributed by atoms with van der Waals surface area (Å²) in [5.74, 6) is 2.43. The van der Waals surface area contributed by atoms with Gasteiger partial charge >= 0.3 is 0 Å². The Morgan fingerprint density at radius 2 is 1.80 bits per heavy atom. The molecule has 2 aromatic rings. The fourth-order valence-corrected chi connectivity index (χ4v) is 4.44. The third kappa shape index (κ3) is 3.95. The normalized spacial score (nSPS) is 23.4. The summed E-state index contributed by atoms with van der Waals surface area (Å²) in [7, 11) is 4.95. The first-order valence-corrected chi connectivity index (χ1v) is 10.3. The second kappa shape index (κ2) is 8.93. The molecule has 0 bridgehead atoms. The van der Waals surface area contributed by atoms with Gasteiger partial charge in [0, 0.05) is 24.2 Å². The van der Waals surface area contributed by atoms with Gasteiger partial charge in [0.05, 0.1) is 27.4 Å². The van der Waals surface area contributed by atoms with Crippen LogP contribution >= 0.6 is 0 Å².